The molecule has 17 heavy (non-hydrogen) atoms. The zero-order valence-electron chi connectivity index (χ0n) is 12.0. The molecular weight excluding hydrogens is 228 g/mol. The number of rotatable bonds is 3. The first-order valence-electron chi connectivity index (χ1n) is 6.42. The van der Waals surface area contributed by atoms with Crippen molar-refractivity contribution in [1.82, 2.24) is 0 Å². The van der Waals surface area contributed by atoms with Crippen LogP contribution < -0.4 is 0 Å². The summed E-state index contributed by atoms with van der Waals surface area (Å²) in [4.78, 5) is 0. The molecule has 0 heterocycles. The minimum absolute atomic E-state index is 0.190. The van der Waals surface area contributed by atoms with Gasteiger partial charge in [0.15, 0.2) is 0 Å². The van der Waals surface area contributed by atoms with E-state index >= 15 is 0 Å². The Morgan fingerprint density at radius 2 is 1.53 bits per heavy atom. The normalized spacial score (nSPS) is 13.8. The summed E-state index contributed by atoms with van der Waals surface area (Å²) in [5.74, 6) is 0. The number of hydrogen-bond acceptors (Lipinski definition) is 0. The first-order valence-corrected chi connectivity index (χ1v) is 6.86. The summed E-state index contributed by atoms with van der Waals surface area (Å²) in [5.41, 5.74) is 5.79. The van der Waals surface area contributed by atoms with Crippen LogP contribution in [0.1, 0.15) is 49.4 Å². The smallest absolute Gasteiger partial charge is 0.0387 e. The quantitative estimate of drug-likeness (QED) is 0.649. The summed E-state index contributed by atoms with van der Waals surface area (Å²) >= 11 is 6.43. The SMILES string of the molecule is Cc1cc(C)c(CCC(Cl)C(C)(C)C)cc1C. The molecule has 0 bridgehead atoms. The maximum atomic E-state index is 6.43. The van der Waals surface area contributed by atoms with Crippen LogP contribution in [0.3, 0.4) is 0 Å². The number of hydrogen-bond donors (Lipinski definition) is 0. The molecule has 96 valence electrons. The molecule has 1 atom stereocenters. The predicted octanol–water partition coefficient (Wildman–Crippen LogP) is 5.20. The highest BCUT2D eigenvalue weighted by Gasteiger charge is 2.21. The molecule has 0 aromatic heterocycles. The first kappa shape index (κ1) is 14.6. The van der Waals surface area contributed by atoms with Crippen LogP contribution in [0.5, 0.6) is 0 Å². The van der Waals surface area contributed by atoms with Crippen LogP contribution >= 0.6 is 11.6 Å². The third-order valence-corrected chi connectivity index (χ3v) is 4.43. The van der Waals surface area contributed by atoms with E-state index in [1.165, 1.54) is 22.3 Å². The van der Waals surface area contributed by atoms with E-state index in [9.17, 15) is 0 Å². The summed E-state index contributed by atoms with van der Waals surface area (Å²) in [7, 11) is 0. The van der Waals surface area contributed by atoms with Crippen molar-refractivity contribution in [3.8, 4) is 0 Å². The maximum Gasteiger partial charge on any atom is 0.0387 e. The molecule has 0 radical (unpaired) electrons. The van der Waals surface area contributed by atoms with E-state index in [2.05, 4.69) is 53.7 Å². The molecule has 1 unspecified atom stereocenters. The van der Waals surface area contributed by atoms with Crippen molar-refractivity contribution in [1.29, 1.82) is 0 Å². The molecule has 0 N–H and O–H groups in total. The molecule has 0 spiro atoms. The maximum absolute atomic E-state index is 6.43. The van der Waals surface area contributed by atoms with Gasteiger partial charge in [-0.05, 0) is 61.3 Å². The van der Waals surface area contributed by atoms with Crippen molar-refractivity contribution >= 4 is 11.6 Å². The van der Waals surface area contributed by atoms with Crippen LogP contribution in [0.2, 0.25) is 0 Å². The van der Waals surface area contributed by atoms with Gasteiger partial charge in [-0.2, -0.15) is 0 Å². The highest BCUT2D eigenvalue weighted by molar-refractivity contribution is 6.21. The van der Waals surface area contributed by atoms with E-state index in [0.717, 1.165) is 12.8 Å². The van der Waals surface area contributed by atoms with E-state index < -0.39 is 0 Å². The van der Waals surface area contributed by atoms with Gasteiger partial charge in [-0.25, -0.2) is 0 Å². The van der Waals surface area contributed by atoms with Gasteiger partial charge < -0.3 is 0 Å². The lowest BCUT2D eigenvalue weighted by molar-refractivity contribution is 0.374. The van der Waals surface area contributed by atoms with E-state index in [1.807, 2.05) is 0 Å². The lowest BCUT2D eigenvalue weighted by Gasteiger charge is -2.25. The average Bonchev–Trinajstić information content (AvgIpc) is 2.19. The number of alkyl halides is 1. The second-order valence-electron chi connectivity index (χ2n) is 6.24. The van der Waals surface area contributed by atoms with Gasteiger partial charge in [0.05, 0.1) is 0 Å². The number of benzene rings is 1. The van der Waals surface area contributed by atoms with Gasteiger partial charge in [-0.1, -0.05) is 32.9 Å². The average molecular weight is 253 g/mol. The zero-order valence-corrected chi connectivity index (χ0v) is 12.8. The fourth-order valence-electron chi connectivity index (χ4n) is 2.00. The summed E-state index contributed by atoms with van der Waals surface area (Å²) in [5, 5.41) is 0.239. The topological polar surface area (TPSA) is 0 Å². The van der Waals surface area contributed by atoms with Crippen LogP contribution in [-0.4, -0.2) is 5.38 Å². The molecular formula is C16H25Cl. The molecule has 0 saturated carbocycles. The lowest BCUT2D eigenvalue weighted by atomic mass is 9.87. The molecule has 0 aliphatic rings. The molecule has 1 aromatic rings. The van der Waals surface area contributed by atoms with Crippen molar-refractivity contribution < 1.29 is 0 Å². The molecule has 0 fully saturated rings. The van der Waals surface area contributed by atoms with E-state index in [1.54, 1.807) is 0 Å². The highest BCUT2D eigenvalue weighted by Crippen LogP contribution is 2.29. The fourth-order valence-corrected chi connectivity index (χ4v) is 2.11. The van der Waals surface area contributed by atoms with Crippen molar-refractivity contribution in [3.63, 3.8) is 0 Å². The molecule has 0 nitrogen and oxygen atoms in total. The minimum Gasteiger partial charge on any atom is -0.122 e. The molecule has 0 aliphatic carbocycles. The van der Waals surface area contributed by atoms with Gasteiger partial charge in [0.1, 0.15) is 0 Å². The van der Waals surface area contributed by atoms with E-state index in [4.69, 9.17) is 11.6 Å². The molecule has 1 aromatic carbocycles. The lowest BCUT2D eigenvalue weighted by Crippen LogP contribution is -2.21. The molecule has 1 rings (SSSR count). The van der Waals surface area contributed by atoms with Gasteiger partial charge in [-0.3, -0.25) is 0 Å². The second-order valence-corrected chi connectivity index (χ2v) is 6.76. The molecule has 0 amide bonds. The molecule has 0 saturated heterocycles. The summed E-state index contributed by atoms with van der Waals surface area (Å²) in [6.45, 7) is 13.2. The van der Waals surface area contributed by atoms with Gasteiger partial charge in [0, 0.05) is 5.38 Å². The van der Waals surface area contributed by atoms with Gasteiger partial charge in [0.25, 0.3) is 0 Å². The van der Waals surface area contributed by atoms with Gasteiger partial charge in [0.2, 0.25) is 0 Å². The Morgan fingerprint density at radius 3 is 2.06 bits per heavy atom. The van der Waals surface area contributed by atoms with Crippen molar-refractivity contribution in [2.24, 2.45) is 5.41 Å². The first-order chi connectivity index (χ1) is 7.71. The van der Waals surface area contributed by atoms with Crippen molar-refractivity contribution in [2.45, 2.75) is 59.8 Å². The standard InChI is InChI=1S/C16H25Cl/c1-11-9-13(3)14(10-12(11)2)7-8-15(17)16(4,5)6/h9-10,15H,7-8H2,1-6H3. The van der Waals surface area contributed by atoms with Crippen LogP contribution in [0.25, 0.3) is 0 Å². The third-order valence-electron chi connectivity index (χ3n) is 3.56. The fraction of sp³-hybridized carbons (Fsp3) is 0.625. The monoisotopic (exact) mass is 252 g/mol. The van der Waals surface area contributed by atoms with Crippen LogP contribution in [0.15, 0.2) is 12.1 Å². The van der Waals surface area contributed by atoms with Crippen LogP contribution in [-0.2, 0) is 6.42 Å². The number of aryl methyl sites for hydroxylation is 4. The largest absolute Gasteiger partial charge is 0.122 e. The van der Waals surface area contributed by atoms with Gasteiger partial charge in [-0.15, -0.1) is 11.6 Å². The predicted molar refractivity (Wildman–Crippen MR) is 78.1 cm³/mol. The third kappa shape index (κ3) is 4.03. The molecule has 0 aliphatic heterocycles. The van der Waals surface area contributed by atoms with Crippen molar-refractivity contribution in [3.05, 3.63) is 34.4 Å². The van der Waals surface area contributed by atoms with Crippen LogP contribution in [0, 0.1) is 26.2 Å². The Bertz CT molecular complexity index is 385. The Labute approximate surface area is 111 Å². The highest BCUT2D eigenvalue weighted by atomic mass is 35.5. The van der Waals surface area contributed by atoms with Gasteiger partial charge >= 0.3 is 0 Å². The molecule has 1 heteroatoms. The Kier molecular flexibility index (Phi) is 4.66. The zero-order chi connectivity index (χ0) is 13.2. The van der Waals surface area contributed by atoms with Crippen LogP contribution in [0.4, 0.5) is 0 Å². The van der Waals surface area contributed by atoms with Crippen molar-refractivity contribution in [2.75, 3.05) is 0 Å². The summed E-state index contributed by atoms with van der Waals surface area (Å²) < 4.78 is 0. The second kappa shape index (κ2) is 5.44. The van der Waals surface area contributed by atoms with E-state index in [-0.39, 0.29) is 10.8 Å². The Hall–Kier alpha value is -0.490. The van der Waals surface area contributed by atoms with E-state index in [0.29, 0.717) is 0 Å². The minimum atomic E-state index is 0.190. The summed E-state index contributed by atoms with van der Waals surface area (Å²) in [6.07, 6.45) is 2.13. The summed E-state index contributed by atoms with van der Waals surface area (Å²) in [6, 6.07) is 4.60. The Morgan fingerprint density at radius 1 is 1.00 bits per heavy atom. The number of halogens is 1. The Balaban J connectivity index is 2.73.